The summed E-state index contributed by atoms with van der Waals surface area (Å²) in [7, 11) is 0. The second-order valence-electron chi connectivity index (χ2n) is 3.23. The summed E-state index contributed by atoms with van der Waals surface area (Å²) in [6, 6.07) is 2.03. The Morgan fingerprint density at radius 3 is 2.69 bits per heavy atom. The number of nitrogens with zero attached hydrogens (tertiary/aromatic N) is 1. The van der Waals surface area contributed by atoms with Gasteiger partial charge >= 0.3 is 0 Å². The van der Waals surface area contributed by atoms with E-state index in [1.807, 2.05) is 0 Å². The molecule has 7 heteroatoms. The number of non-ortho nitro benzene ring substituents is 1. The molecule has 1 atom stereocenters. The minimum absolute atomic E-state index is 0.00833. The highest BCUT2D eigenvalue weighted by molar-refractivity contribution is 5.94. The van der Waals surface area contributed by atoms with Crippen molar-refractivity contribution < 1.29 is 14.1 Å². The van der Waals surface area contributed by atoms with Crippen molar-refractivity contribution in [1.82, 2.24) is 0 Å². The van der Waals surface area contributed by atoms with Crippen LogP contribution >= 0.6 is 0 Å². The van der Waals surface area contributed by atoms with E-state index in [2.05, 4.69) is 5.32 Å². The molecule has 0 saturated carbocycles. The zero-order valence-corrected chi connectivity index (χ0v) is 8.44. The van der Waals surface area contributed by atoms with Crippen LogP contribution in [0.5, 0.6) is 0 Å². The van der Waals surface area contributed by atoms with Gasteiger partial charge in [-0.3, -0.25) is 14.9 Å². The van der Waals surface area contributed by atoms with Crippen LogP contribution in [0.25, 0.3) is 0 Å². The zero-order valence-electron chi connectivity index (χ0n) is 8.44. The van der Waals surface area contributed by atoms with E-state index < -0.39 is 28.4 Å². The van der Waals surface area contributed by atoms with Crippen molar-refractivity contribution in [3.63, 3.8) is 0 Å². The lowest BCUT2D eigenvalue weighted by Gasteiger charge is -2.07. The zero-order chi connectivity index (χ0) is 12.3. The van der Waals surface area contributed by atoms with Crippen molar-refractivity contribution in [2.24, 2.45) is 5.73 Å². The van der Waals surface area contributed by atoms with Crippen LogP contribution in [0, 0.1) is 15.9 Å². The number of carbonyl (C=O) groups is 1. The second-order valence-corrected chi connectivity index (χ2v) is 3.23. The molecule has 0 fully saturated rings. The molecule has 0 radical (unpaired) electrons. The van der Waals surface area contributed by atoms with Crippen LogP contribution in [0.4, 0.5) is 15.8 Å². The molecule has 0 aliphatic rings. The highest BCUT2D eigenvalue weighted by Crippen LogP contribution is 2.19. The molecule has 86 valence electrons. The summed E-state index contributed by atoms with van der Waals surface area (Å²) in [5.41, 5.74) is 4.86. The number of halogens is 1. The van der Waals surface area contributed by atoms with Crippen molar-refractivity contribution in [3.05, 3.63) is 34.1 Å². The Hall–Kier alpha value is -2.02. The van der Waals surface area contributed by atoms with E-state index in [-0.39, 0.29) is 5.69 Å². The van der Waals surface area contributed by atoms with Crippen LogP contribution in [-0.2, 0) is 4.79 Å². The van der Waals surface area contributed by atoms with Crippen molar-refractivity contribution in [2.75, 3.05) is 5.32 Å². The lowest BCUT2D eigenvalue weighted by atomic mass is 10.2. The summed E-state index contributed by atoms with van der Waals surface area (Å²) in [4.78, 5) is 20.9. The second kappa shape index (κ2) is 4.67. The van der Waals surface area contributed by atoms with Gasteiger partial charge in [-0.25, -0.2) is 4.39 Å². The molecule has 1 unspecified atom stereocenters. The Balaban J connectivity index is 2.97. The molecule has 0 heterocycles. The van der Waals surface area contributed by atoms with Crippen LogP contribution in [0.15, 0.2) is 18.2 Å². The van der Waals surface area contributed by atoms with Gasteiger partial charge in [-0.1, -0.05) is 0 Å². The number of carbonyl (C=O) groups excluding carboxylic acids is 1. The SMILES string of the molecule is CC(N)C(=O)Nc1cc(F)cc([N+](=O)[O-])c1. The number of nitrogens with one attached hydrogen (secondary N) is 1. The number of rotatable bonds is 3. The standard InChI is InChI=1S/C9H10FN3O3/c1-5(11)9(14)12-7-2-6(10)3-8(4-7)13(15)16/h2-5H,11H2,1H3,(H,12,14). The molecule has 1 amide bonds. The fourth-order valence-corrected chi connectivity index (χ4v) is 1.01. The lowest BCUT2D eigenvalue weighted by molar-refractivity contribution is -0.385. The average Bonchev–Trinajstić information content (AvgIpc) is 2.16. The molecule has 1 aromatic carbocycles. The van der Waals surface area contributed by atoms with E-state index >= 15 is 0 Å². The van der Waals surface area contributed by atoms with Gasteiger partial charge in [0.2, 0.25) is 5.91 Å². The predicted molar refractivity (Wildman–Crippen MR) is 55.3 cm³/mol. The first-order valence-corrected chi connectivity index (χ1v) is 4.41. The monoisotopic (exact) mass is 227 g/mol. The van der Waals surface area contributed by atoms with Crippen molar-refractivity contribution in [3.8, 4) is 0 Å². The van der Waals surface area contributed by atoms with Crippen molar-refractivity contribution in [1.29, 1.82) is 0 Å². The summed E-state index contributed by atoms with van der Waals surface area (Å²) in [6.07, 6.45) is 0. The summed E-state index contributed by atoms with van der Waals surface area (Å²) < 4.78 is 13.0. The van der Waals surface area contributed by atoms with E-state index in [0.717, 1.165) is 18.2 Å². The Morgan fingerprint density at radius 2 is 2.19 bits per heavy atom. The minimum atomic E-state index is -0.797. The van der Waals surface area contributed by atoms with Gasteiger partial charge in [0.25, 0.3) is 5.69 Å². The van der Waals surface area contributed by atoms with Crippen molar-refractivity contribution in [2.45, 2.75) is 13.0 Å². The van der Waals surface area contributed by atoms with Gasteiger partial charge in [0.05, 0.1) is 22.7 Å². The number of nitrogens with two attached hydrogens (primary N) is 1. The molecule has 6 nitrogen and oxygen atoms in total. The van der Waals surface area contributed by atoms with Gasteiger partial charge in [0.1, 0.15) is 5.82 Å². The molecule has 0 spiro atoms. The van der Waals surface area contributed by atoms with Crippen LogP contribution in [0.1, 0.15) is 6.92 Å². The number of hydrogen-bond acceptors (Lipinski definition) is 4. The molecule has 16 heavy (non-hydrogen) atoms. The Labute approximate surface area is 90.4 Å². The van der Waals surface area contributed by atoms with E-state index in [1.165, 1.54) is 6.92 Å². The summed E-state index contributed by atoms with van der Waals surface area (Å²) in [5.74, 6) is -1.34. The highest BCUT2D eigenvalue weighted by Gasteiger charge is 2.13. The van der Waals surface area contributed by atoms with Crippen LogP contribution in [-0.4, -0.2) is 16.9 Å². The molecule has 1 rings (SSSR count). The van der Waals surface area contributed by atoms with E-state index in [9.17, 15) is 19.3 Å². The fraction of sp³-hybridized carbons (Fsp3) is 0.222. The Bertz CT molecular complexity index is 434. The third kappa shape index (κ3) is 2.99. The van der Waals surface area contributed by atoms with Crippen LogP contribution in [0.3, 0.4) is 0 Å². The number of benzene rings is 1. The van der Waals surface area contributed by atoms with E-state index in [4.69, 9.17) is 5.73 Å². The van der Waals surface area contributed by atoms with Gasteiger partial charge in [0, 0.05) is 6.07 Å². The van der Waals surface area contributed by atoms with Gasteiger partial charge < -0.3 is 11.1 Å². The van der Waals surface area contributed by atoms with Gasteiger partial charge in [-0.2, -0.15) is 0 Å². The van der Waals surface area contributed by atoms with Crippen LogP contribution < -0.4 is 11.1 Å². The molecular weight excluding hydrogens is 217 g/mol. The van der Waals surface area contributed by atoms with E-state index in [0.29, 0.717) is 0 Å². The molecule has 0 saturated heterocycles. The summed E-state index contributed by atoms with van der Waals surface area (Å²) in [6.45, 7) is 1.45. The molecule has 0 aliphatic heterocycles. The van der Waals surface area contributed by atoms with Gasteiger partial charge in [0.15, 0.2) is 0 Å². The first kappa shape index (κ1) is 12.1. The predicted octanol–water partition coefficient (Wildman–Crippen LogP) is 1.02. The third-order valence-corrected chi connectivity index (χ3v) is 1.77. The Morgan fingerprint density at radius 1 is 1.56 bits per heavy atom. The number of anilines is 1. The average molecular weight is 227 g/mol. The Kier molecular flexibility index (Phi) is 3.51. The first-order valence-electron chi connectivity index (χ1n) is 4.41. The molecule has 1 aromatic rings. The number of hydrogen-bond donors (Lipinski definition) is 2. The quantitative estimate of drug-likeness (QED) is 0.594. The molecule has 3 N–H and O–H groups in total. The largest absolute Gasteiger partial charge is 0.324 e. The lowest BCUT2D eigenvalue weighted by Crippen LogP contribution is -2.32. The van der Waals surface area contributed by atoms with Crippen molar-refractivity contribution >= 4 is 17.3 Å². The number of nitro benzene ring substituents is 1. The molecule has 0 aromatic heterocycles. The van der Waals surface area contributed by atoms with Crippen LogP contribution in [0.2, 0.25) is 0 Å². The normalized spacial score (nSPS) is 11.9. The molecule has 0 aliphatic carbocycles. The first-order chi connectivity index (χ1) is 7.40. The highest BCUT2D eigenvalue weighted by atomic mass is 19.1. The van der Waals surface area contributed by atoms with Gasteiger partial charge in [-0.05, 0) is 13.0 Å². The minimum Gasteiger partial charge on any atom is -0.324 e. The summed E-state index contributed by atoms with van der Waals surface area (Å²) >= 11 is 0. The smallest absolute Gasteiger partial charge is 0.274 e. The van der Waals surface area contributed by atoms with E-state index in [1.54, 1.807) is 0 Å². The maximum absolute atomic E-state index is 13.0. The third-order valence-electron chi connectivity index (χ3n) is 1.77. The molecule has 0 bridgehead atoms. The molecular formula is C9H10FN3O3. The topological polar surface area (TPSA) is 98.3 Å². The number of nitro groups is 1. The van der Waals surface area contributed by atoms with Gasteiger partial charge in [-0.15, -0.1) is 0 Å². The number of amides is 1. The maximum atomic E-state index is 13.0. The fourth-order valence-electron chi connectivity index (χ4n) is 1.01. The maximum Gasteiger partial charge on any atom is 0.274 e. The summed E-state index contributed by atoms with van der Waals surface area (Å²) in [5, 5.41) is 12.7.